The van der Waals surface area contributed by atoms with Gasteiger partial charge in [0.25, 0.3) is 0 Å². The van der Waals surface area contributed by atoms with Crippen molar-refractivity contribution in [3.05, 3.63) is 39.9 Å². The summed E-state index contributed by atoms with van der Waals surface area (Å²) < 4.78 is 0. The van der Waals surface area contributed by atoms with Gasteiger partial charge >= 0.3 is 5.97 Å². The molecule has 0 aliphatic heterocycles. The Morgan fingerprint density at radius 2 is 1.61 bits per heavy atom. The van der Waals surface area contributed by atoms with Crippen LogP contribution in [0.2, 0.25) is 0 Å². The van der Waals surface area contributed by atoms with Crippen LogP contribution in [0.15, 0.2) is 12.1 Å². The largest absolute Gasteiger partial charge is 0.507 e. The fourth-order valence-electron chi connectivity index (χ4n) is 2.48. The molecular weight excluding hydrogens is 228 g/mol. The summed E-state index contributed by atoms with van der Waals surface area (Å²) >= 11 is 0. The Hall–Kier alpha value is -2.03. The summed E-state index contributed by atoms with van der Waals surface area (Å²) in [6, 6.07) is 3.32. The number of fused-ring (bicyclic) bond motifs is 1. The van der Waals surface area contributed by atoms with Gasteiger partial charge in [-0.25, -0.2) is 4.79 Å². The van der Waals surface area contributed by atoms with Crippen LogP contribution in [0.1, 0.15) is 32.6 Å². The molecule has 0 saturated heterocycles. The molecule has 0 bridgehead atoms. The summed E-state index contributed by atoms with van der Waals surface area (Å²) in [5.74, 6) is -0.631. The fraction of sp³-hybridized carbons (Fsp3) is 0.267. The van der Waals surface area contributed by atoms with E-state index >= 15 is 0 Å². The highest BCUT2D eigenvalue weighted by atomic mass is 16.4. The Morgan fingerprint density at radius 1 is 1.00 bits per heavy atom. The molecule has 3 heteroatoms. The third-order valence-corrected chi connectivity index (χ3v) is 3.63. The molecule has 0 aliphatic carbocycles. The van der Waals surface area contributed by atoms with E-state index in [0.717, 1.165) is 33.0 Å². The quantitative estimate of drug-likeness (QED) is 0.807. The molecule has 3 nitrogen and oxygen atoms in total. The number of benzene rings is 2. The maximum absolute atomic E-state index is 11.1. The average Bonchev–Trinajstić information content (AvgIpc) is 2.32. The highest BCUT2D eigenvalue weighted by Gasteiger charge is 2.15. The summed E-state index contributed by atoms with van der Waals surface area (Å²) in [6.07, 6.45) is 0. The first-order chi connectivity index (χ1) is 8.34. The lowest BCUT2D eigenvalue weighted by Crippen LogP contribution is -1.99. The lowest BCUT2D eigenvalue weighted by atomic mass is 9.91. The molecule has 0 spiro atoms. The predicted octanol–water partition coefficient (Wildman–Crippen LogP) is 3.48. The molecule has 0 heterocycles. The van der Waals surface area contributed by atoms with E-state index in [-0.39, 0.29) is 5.56 Å². The summed E-state index contributed by atoms with van der Waals surface area (Å²) in [4.78, 5) is 11.1. The monoisotopic (exact) mass is 244 g/mol. The minimum absolute atomic E-state index is 0.285. The standard InChI is InChI=1S/C15H16O3/c1-7-5-11(15(17)18)6-12-8(2)9(3)14(16)10(4)13(7)12/h5-6,16H,1-4H3,(H,17,18). The Kier molecular flexibility index (Phi) is 2.77. The number of rotatable bonds is 1. The first kappa shape index (κ1) is 12.4. The first-order valence-electron chi connectivity index (χ1n) is 5.81. The number of phenols is 1. The van der Waals surface area contributed by atoms with Crippen LogP contribution in [0, 0.1) is 27.7 Å². The van der Waals surface area contributed by atoms with E-state index < -0.39 is 5.97 Å². The molecule has 94 valence electrons. The Balaban J connectivity index is 3.02. The number of carbonyl (C=O) groups is 1. The van der Waals surface area contributed by atoms with Crippen molar-refractivity contribution in [2.24, 2.45) is 0 Å². The molecule has 0 aromatic heterocycles. The normalized spacial score (nSPS) is 10.9. The second-order valence-corrected chi connectivity index (χ2v) is 4.74. The Bertz CT molecular complexity index is 669. The number of hydrogen-bond donors (Lipinski definition) is 2. The summed E-state index contributed by atoms with van der Waals surface area (Å²) in [7, 11) is 0. The van der Waals surface area contributed by atoms with Gasteiger partial charge in [0.1, 0.15) is 5.75 Å². The molecule has 18 heavy (non-hydrogen) atoms. The van der Waals surface area contributed by atoms with E-state index in [9.17, 15) is 9.90 Å². The van der Waals surface area contributed by atoms with Crippen LogP contribution in [0.4, 0.5) is 0 Å². The lowest BCUT2D eigenvalue weighted by Gasteiger charge is -2.15. The van der Waals surface area contributed by atoms with Gasteiger partial charge in [0, 0.05) is 0 Å². The van der Waals surface area contributed by atoms with Gasteiger partial charge in [-0.05, 0) is 72.9 Å². The van der Waals surface area contributed by atoms with E-state index in [1.54, 1.807) is 12.1 Å². The first-order valence-corrected chi connectivity index (χ1v) is 5.81. The summed E-state index contributed by atoms with van der Waals surface area (Å²) in [5, 5.41) is 21.0. The van der Waals surface area contributed by atoms with Gasteiger partial charge < -0.3 is 10.2 Å². The van der Waals surface area contributed by atoms with Crippen molar-refractivity contribution in [2.75, 3.05) is 0 Å². The van der Waals surface area contributed by atoms with Crippen molar-refractivity contribution in [3.8, 4) is 5.75 Å². The summed E-state index contributed by atoms with van der Waals surface area (Å²) in [5.41, 5.74) is 3.71. The second-order valence-electron chi connectivity index (χ2n) is 4.74. The van der Waals surface area contributed by atoms with Crippen molar-refractivity contribution in [3.63, 3.8) is 0 Å². The minimum Gasteiger partial charge on any atom is -0.507 e. The fourth-order valence-corrected chi connectivity index (χ4v) is 2.48. The zero-order chi connectivity index (χ0) is 13.6. The molecule has 0 fully saturated rings. The molecule has 2 aromatic carbocycles. The van der Waals surface area contributed by atoms with Crippen LogP contribution in [0.25, 0.3) is 10.8 Å². The minimum atomic E-state index is -0.928. The van der Waals surface area contributed by atoms with Gasteiger partial charge in [-0.15, -0.1) is 0 Å². The van der Waals surface area contributed by atoms with E-state index in [0.29, 0.717) is 5.75 Å². The maximum atomic E-state index is 11.1. The number of hydrogen-bond acceptors (Lipinski definition) is 2. The number of aromatic hydroxyl groups is 1. The van der Waals surface area contributed by atoms with Crippen LogP contribution in [0.3, 0.4) is 0 Å². The number of aromatic carboxylic acids is 1. The third kappa shape index (κ3) is 1.63. The molecule has 0 atom stereocenters. The van der Waals surface area contributed by atoms with Crippen LogP contribution in [-0.2, 0) is 0 Å². The third-order valence-electron chi connectivity index (χ3n) is 3.63. The van der Waals surface area contributed by atoms with Crippen LogP contribution < -0.4 is 0 Å². The molecule has 0 aliphatic rings. The number of phenolic OH excluding ortho intramolecular Hbond substituents is 1. The van der Waals surface area contributed by atoms with Crippen LogP contribution in [-0.4, -0.2) is 16.2 Å². The van der Waals surface area contributed by atoms with Gasteiger partial charge in [-0.1, -0.05) is 0 Å². The highest BCUT2D eigenvalue weighted by molar-refractivity contribution is 6.00. The van der Waals surface area contributed by atoms with Crippen LogP contribution >= 0.6 is 0 Å². The molecule has 0 saturated carbocycles. The molecule has 0 amide bonds. The lowest BCUT2D eigenvalue weighted by molar-refractivity contribution is 0.0697. The van der Waals surface area contributed by atoms with Crippen molar-refractivity contribution in [1.29, 1.82) is 0 Å². The number of carboxylic acid groups (broad SMARTS) is 1. The van der Waals surface area contributed by atoms with E-state index in [1.165, 1.54) is 0 Å². The molecule has 0 unspecified atom stereocenters. The van der Waals surface area contributed by atoms with Crippen molar-refractivity contribution < 1.29 is 15.0 Å². The van der Waals surface area contributed by atoms with Crippen molar-refractivity contribution in [2.45, 2.75) is 27.7 Å². The molecule has 2 N–H and O–H groups in total. The topological polar surface area (TPSA) is 57.5 Å². The van der Waals surface area contributed by atoms with Crippen LogP contribution in [0.5, 0.6) is 5.75 Å². The second kappa shape index (κ2) is 4.02. The van der Waals surface area contributed by atoms with Gasteiger partial charge in [-0.2, -0.15) is 0 Å². The van der Waals surface area contributed by atoms with Gasteiger partial charge in [0.2, 0.25) is 0 Å². The molecule has 0 radical (unpaired) electrons. The Morgan fingerprint density at radius 3 is 2.17 bits per heavy atom. The predicted molar refractivity (Wildman–Crippen MR) is 71.5 cm³/mol. The van der Waals surface area contributed by atoms with Gasteiger partial charge in [0.15, 0.2) is 0 Å². The van der Waals surface area contributed by atoms with E-state index in [4.69, 9.17) is 5.11 Å². The molecule has 2 rings (SSSR count). The van der Waals surface area contributed by atoms with E-state index in [1.807, 2.05) is 27.7 Å². The zero-order valence-corrected chi connectivity index (χ0v) is 11.0. The molecule has 2 aromatic rings. The zero-order valence-electron chi connectivity index (χ0n) is 11.0. The van der Waals surface area contributed by atoms with E-state index in [2.05, 4.69) is 0 Å². The van der Waals surface area contributed by atoms with Crippen molar-refractivity contribution in [1.82, 2.24) is 0 Å². The number of aryl methyl sites for hydroxylation is 3. The van der Waals surface area contributed by atoms with Gasteiger partial charge in [0.05, 0.1) is 5.56 Å². The number of carboxylic acids is 1. The average molecular weight is 244 g/mol. The summed E-state index contributed by atoms with van der Waals surface area (Å²) in [6.45, 7) is 7.48. The highest BCUT2D eigenvalue weighted by Crippen LogP contribution is 2.36. The van der Waals surface area contributed by atoms with Gasteiger partial charge in [-0.3, -0.25) is 0 Å². The maximum Gasteiger partial charge on any atom is 0.335 e. The SMILES string of the molecule is Cc1c(O)c(C)c2c(C)cc(C(=O)O)cc2c1C. The smallest absolute Gasteiger partial charge is 0.335 e. The van der Waals surface area contributed by atoms with Crippen molar-refractivity contribution >= 4 is 16.7 Å². The molecular formula is C15H16O3. The Labute approximate surface area is 106 Å².